The van der Waals surface area contributed by atoms with Gasteiger partial charge in [0.25, 0.3) is 0 Å². The number of rotatable bonds is 7. The maximum Gasteiger partial charge on any atom is 0.127 e. The fourth-order valence-corrected chi connectivity index (χ4v) is 2.71. The summed E-state index contributed by atoms with van der Waals surface area (Å²) < 4.78 is 5.91. The Labute approximate surface area is 128 Å². The number of hydrogen-bond acceptors (Lipinski definition) is 2. The molecule has 0 heterocycles. The van der Waals surface area contributed by atoms with Crippen LogP contribution < -0.4 is 4.74 Å². The van der Waals surface area contributed by atoms with Crippen molar-refractivity contribution >= 4 is 26.7 Å². The van der Waals surface area contributed by atoms with Crippen LogP contribution in [0.15, 0.2) is 30.3 Å². The Morgan fingerprint density at radius 2 is 1.75 bits per heavy atom. The standard InChI is InChI=1S/C17H21BrO2/c1-13-12-16(20-11-7-3-2-6-10-18)14-8-4-5-9-15(14)17(13)19/h4-5,8-9,12,19H,2-3,6-7,10-11H2,1H3. The van der Waals surface area contributed by atoms with Gasteiger partial charge < -0.3 is 9.84 Å². The Morgan fingerprint density at radius 1 is 1.05 bits per heavy atom. The number of benzene rings is 2. The van der Waals surface area contributed by atoms with E-state index in [0.29, 0.717) is 5.75 Å². The van der Waals surface area contributed by atoms with E-state index in [9.17, 15) is 5.11 Å². The van der Waals surface area contributed by atoms with Crippen molar-refractivity contribution in [1.29, 1.82) is 0 Å². The van der Waals surface area contributed by atoms with Crippen LogP contribution in [0.5, 0.6) is 11.5 Å². The highest BCUT2D eigenvalue weighted by Crippen LogP contribution is 2.35. The number of fused-ring (bicyclic) bond motifs is 1. The first kappa shape index (κ1) is 15.2. The molecule has 2 aromatic rings. The Kier molecular flexibility index (Phi) is 5.72. The van der Waals surface area contributed by atoms with Gasteiger partial charge in [-0.05, 0) is 31.4 Å². The molecule has 0 fully saturated rings. The van der Waals surface area contributed by atoms with Gasteiger partial charge >= 0.3 is 0 Å². The second kappa shape index (κ2) is 7.53. The van der Waals surface area contributed by atoms with Gasteiger partial charge in [-0.25, -0.2) is 0 Å². The van der Waals surface area contributed by atoms with Gasteiger partial charge in [0.05, 0.1) is 6.61 Å². The van der Waals surface area contributed by atoms with Crippen molar-refractivity contribution in [2.45, 2.75) is 32.6 Å². The number of alkyl halides is 1. The fraction of sp³-hybridized carbons (Fsp3) is 0.412. The van der Waals surface area contributed by atoms with Crippen LogP contribution in [0.1, 0.15) is 31.2 Å². The Bertz CT molecular complexity index is 566. The summed E-state index contributed by atoms with van der Waals surface area (Å²) in [4.78, 5) is 0. The van der Waals surface area contributed by atoms with Crippen LogP contribution in [-0.4, -0.2) is 17.0 Å². The number of ether oxygens (including phenoxy) is 1. The average Bonchev–Trinajstić information content (AvgIpc) is 2.47. The predicted octanol–water partition coefficient (Wildman–Crippen LogP) is 5.19. The predicted molar refractivity (Wildman–Crippen MR) is 88.1 cm³/mol. The minimum atomic E-state index is 0.352. The van der Waals surface area contributed by atoms with E-state index >= 15 is 0 Å². The van der Waals surface area contributed by atoms with Crippen LogP contribution in [-0.2, 0) is 0 Å². The van der Waals surface area contributed by atoms with Crippen molar-refractivity contribution in [3.63, 3.8) is 0 Å². The van der Waals surface area contributed by atoms with Crippen molar-refractivity contribution in [3.05, 3.63) is 35.9 Å². The number of aromatic hydroxyl groups is 1. The topological polar surface area (TPSA) is 29.5 Å². The third kappa shape index (κ3) is 3.66. The molecule has 0 aliphatic heterocycles. The molecule has 0 unspecified atom stereocenters. The summed E-state index contributed by atoms with van der Waals surface area (Å²) >= 11 is 3.44. The van der Waals surface area contributed by atoms with E-state index in [0.717, 1.165) is 40.4 Å². The minimum absolute atomic E-state index is 0.352. The van der Waals surface area contributed by atoms with Gasteiger partial charge in [0.15, 0.2) is 0 Å². The molecule has 0 aliphatic carbocycles. The average molecular weight is 337 g/mol. The van der Waals surface area contributed by atoms with Crippen molar-refractivity contribution in [2.75, 3.05) is 11.9 Å². The molecule has 0 atom stereocenters. The zero-order valence-corrected chi connectivity index (χ0v) is 13.4. The molecule has 0 amide bonds. The van der Waals surface area contributed by atoms with Crippen LogP contribution in [0.25, 0.3) is 10.8 Å². The quantitative estimate of drug-likeness (QED) is 0.557. The van der Waals surface area contributed by atoms with Crippen molar-refractivity contribution in [2.24, 2.45) is 0 Å². The molecular formula is C17H21BrO2. The van der Waals surface area contributed by atoms with Crippen molar-refractivity contribution in [3.8, 4) is 11.5 Å². The van der Waals surface area contributed by atoms with Crippen LogP contribution in [0.4, 0.5) is 0 Å². The first-order valence-corrected chi connectivity index (χ1v) is 8.26. The molecule has 0 aromatic heterocycles. The van der Waals surface area contributed by atoms with Crippen molar-refractivity contribution in [1.82, 2.24) is 0 Å². The van der Waals surface area contributed by atoms with Gasteiger partial charge in [0.2, 0.25) is 0 Å². The van der Waals surface area contributed by atoms with E-state index in [-0.39, 0.29) is 0 Å². The molecule has 0 bridgehead atoms. The lowest BCUT2D eigenvalue weighted by atomic mass is 10.0. The molecule has 108 valence electrons. The molecule has 0 saturated heterocycles. The third-order valence-corrected chi connectivity index (χ3v) is 4.02. The normalized spacial score (nSPS) is 10.9. The molecule has 20 heavy (non-hydrogen) atoms. The number of halogens is 1. The molecule has 3 heteroatoms. The first-order chi connectivity index (χ1) is 9.74. The molecule has 1 N–H and O–H groups in total. The lowest BCUT2D eigenvalue weighted by Crippen LogP contribution is -1.98. The van der Waals surface area contributed by atoms with E-state index in [1.165, 1.54) is 19.3 Å². The molecule has 2 aromatic carbocycles. The fourth-order valence-electron chi connectivity index (χ4n) is 2.31. The highest BCUT2D eigenvalue weighted by molar-refractivity contribution is 9.09. The van der Waals surface area contributed by atoms with E-state index < -0.39 is 0 Å². The van der Waals surface area contributed by atoms with Crippen LogP contribution in [0, 0.1) is 6.92 Å². The second-order valence-electron chi connectivity index (χ2n) is 5.04. The zero-order valence-electron chi connectivity index (χ0n) is 11.9. The highest BCUT2D eigenvalue weighted by atomic mass is 79.9. The summed E-state index contributed by atoms with van der Waals surface area (Å²) in [5.74, 6) is 1.22. The minimum Gasteiger partial charge on any atom is -0.507 e. The Morgan fingerprint density at radius 3 is 2.50 bits per heavy atom. The van der Waals surface area contributed by atoms with Crippen LogP contribution >= 0.6 is 15.9 Å². The summed E-state index contributed by atoms with van der Waals surface area (Å²) in [6, 6.07) is 9.76. The van der Waals surface area contributed by atoms with Gasteiger partial charge in [-0.15, -0.1) is 0 Å². The lowest BCUT2D eigenvalue weighted by molar-refractivity contribution is 0.308. The Balaban J connectivity index is 2.05. The van der Waals surface area contributed by atoms with E-state index in [4.69, 9.17) is 4.74 Å². The van der Waals surface area contributed by atoms with Crippen molar-refractivity contribution < 1.29 is 9.84 Å². The molecule has 2 rings (SSSR count). The van der Waals surface area contributed by atoms with Gasteiger partial charge in [-0.2, -0.15) is 0 Å². The van der Waals surface area contributed by atoms with E-state index in [1.807, 2.05) is 37.3 Å². The summed E-state index contributed by atoms with van der Waals surface area (Å²) in [5.41, 5.74) is 0.859. The summed E-state index contributed by atoms with van der Waals surface area (Å²) in [6.45, 7) is 2.64. The molecular weight excluding hydrogens is 316 g/mol. The van der Waals surface area contributed by atoms with Gasteiger partial charge in [0, 0.05) is 16.1 Å². The maximum atomic E-state index is 10.1. The molecule has 0 radical (unpaired) electrons. The largest absolute Gasteiger partial charge is 0.507 e. The number of unbranched alkanes of at least 4 members (excludes halogenated alkanes) is 3. The smallest absolute Gasteiger partial charge is 0.127 e. The molecule has 2 nitrogen and oxygen atoms in total. The summed E-state index contributed by atoms with van der Waals surface area (Å²) in [6.07, 6.45) is 4.73. The lowest BCUT2D eigenvalue weighted by Gasteiger charge is -2.12. The summed E-state index contributed by atoms with van der Waals surface area (Å²) in [5, 5.41) is 13.0. The van der Waals surface area contributed by atoms with E-state index in [1.54, 1.807) is 0 Å². The van der Waals surface area contributed by atoms with Gasteiger partial charge in [0.1, 0.15) is 11.5 Å². The maximum absolute atomic E-state index is 10.1. The first-order valence-electron chi connectivity index (χ1n) is 7.14. The van der Waals surface area contributed by atoms with Gasteiger partial charge in [-0.3, -0.25) is 0 Å². The number of hydrogen-bond donors (Lipinski definition) is 1. The molecule has 0 aliphatic rings. The molecule has 0 saturated carbocycles. The Hall–Kier alpha value is -1.22. The van der Waals surface area contributed by atoms with E-state index in [2.05, 4.69) is 15.9 Å². The number of phenols is 1. The SMILES string of the molecule is Cc1cc(OCCCCCCBr)c2ccccc2c1O. The molecule has 0 spiro atoms. The zero-order chi connectivity index (χ0) is 14.4. The monoisotopic (exact) mass is 336 g/mol. The number of aryl methyl sites for hydroxylation is 1. The highest BCUT2D eigenvalue weighted by Gasteiger charge is 2.09. The third-order valence-electron chi connectivity index (χ3n) is 3.45. The van der Waals surface area contributed by atoms with Gasteiger partial charge in [-0.1, -0.05) is 53.0 Å². The number of phenolic OH excluding ortho intramolecular Hbond substituents is 1. The second-order valence-corrected chi connectivity index (χ2v) is 5.83. The summed E-state index contributed by atoms with van der Waals surface area (Å²) in [7, 11) is 0. The van der Waals surface area contributed by atoms with Crippen LogP contribution in [0.3, 0.4) is 0 Å². The van der Waals surface area contributed by atoms with Crippen LogP contribution in [0.2, 0.25) is 0 Å².